The van der Waals surface area contributed by atoms with Crippen LogP contribution in [-0.4, -0.2) is 56.1 Å². The molecule has 2 heterocycles. The van der Waals surface area contributed by atoms with Crippen LogP contribution in [0, 0.1) is 0 Å². The first kappa shape index (κ1) is 23.1. The molecule has 0 amide bonds. The normalized spacial score (nSPS) is 18.2. The molecule has 4 rings (SSSR count). The van der Waals surface area contributed by atoms with Crippen molar-refractivity contribution in [1.82, 2.24) is 4.90 Å². The Morgan fingerprint density at radius 2 is 1.87 bits per heavy atom. The molecular weight excluding hydrogens is 422 g/mol. The monoisotopic (exact) mass is 448 g/mol. The lowest BCUT2D eigenvalue weighted by atomic mass is 9.77. The van der Waals surface area contributed by atoms with Crippen molar-refractivity contribution in [2.75, 3.05) is 38.1 Å². The fourth-order valence-electron chi connectivity index (χ4n) is 4.15. The molecule has 0 aromatic heterocycles. The van der Waals surface area contributed by atoms with Crippen molar-refractivity contribution in [3.63, 3.8) is 0 Å². The summed E-state index contributed by atoms with van der Waals surface area (Å²) in [6.45, 7) is 7.79. The third-order valence-corrected chi connectivity index (χ3v) is 6.24. The number of carbonyl (C=O) groups excluding carboxylic acids is 1. The summed E-state index contributed by atoms with van der Waals surface area (Å²) < 4.78 is 5.60. The molecule has 0 atom stereocenters. The van der Waals surface area contributed by atoms with Gasteiger partial charge in [-0.05, 0) is 55.7 Å². The smallest absolute Gasteiger partial charge is 0.423 e. The van der Waals surface area contributed by atoms with Crippen molar-refractivity contribution >= 4 is 48.1 Å². The molecule has 1 fully saturated rings. The van der Waals surface area contributed by atoms with Gasteiger partial charge in [-0.2, -0.15) is 0 Å². The van der Waals surface area contributed by atoms with Crippen LogP contribution in [0.2, 0.25) is 5.02 Å². The highest BCUT2D eigenvalue weighted by Gasteiger charge is 2.40. The van der Waals surface area contributed by atoms with Crippen molar-refractivity contribution in [1.29, 1.82) is 0 Å². The van der Waals surface area contributed by atoms with Crippen LogP contribution in [0.1, 0.15) is 35.3 Å². The third kappa shape index (κ3) is 4.53. The predicted octanol–water partition coefficient (Wildman–Crippen LogP) is 2.89. The van der Waals surface area contributed by atoms with Crippen molar-refractivity contribution < 1.29 is 14.5 Å². The summed E-state index contributed by atoms with van der Waals surface area (Å²) in [6, 6.07) is 11.4. The van der Waals surface area contributed by atoms with E-state index in [0.29, 0.717) is 10.6 Å². The Balaban J connectivity index is 0.00000256. The number of Topliss-reactive ketones (excluding diaryl/α,β-unsaturated/α-hetero) is 1. The van der Waals surface area contributed by atoms with E-state index in [9.17, 15) is 9.82 Å². The van der Waals surface area contributed by atoms with Crippen LogP contribution < -0.4 is 10.4 Å². The number of rotatable bonds is 4. The number of anilines is 1. The lowest BCUT2D eigenvalue weighted by Crippen LogP contribution is -2.44. The minimum atomic E-state index is -0.957. The Morgan fingerprint density at radius 1 is 1.17 bits per heavy atom. The second-order valence-corrected chi connectivity index (χ2v) is 8.86. The molecule has 5 nitrogen and oxygen atoms in total. The Bertz CT molecular complexity index is 946. The molecule has 0 aliphatic carbocycles. The zero-order valence-electron chi connectivity index (χ0n) is 17.5. The fraction of sp³-hybridized carbons (Fsp3) is 0.409. The topological polar surface area (TPSA) is 53.0 Å². The van der Waals surface area contributed by atoms with Crippen molar-refractivity contribution in [2.45, 2.75) is 25.9 Å². The van der Waals surface area contributed by atoms with Gasteiger partial charge in [-0.1, -0.05) is 29.8 Å². The van der Waals surface area contributed by atoms with Gasteiger partial charge in [0.05, 0.1) is 10.6 Å². The average molecular weight is 449 g/mol. The summed E-state index contributed by atoms with van der Waals surface area (Å²) in [5.41, 5.74) is 3.59. The summed E-state index contributed by atoms with van der Waals surface area (Å²) >= 11 is 6.47. The maximum Gasteiger partial charge on any atom is 0.492 e. The standard InChI is InChI=1S/C22H26BClN2O3.ClH/c1-22(2)18-7-4-15(12-19(18)23(28)29-22)13-21(27)17-6-5-16(14-20(17)24)26-10-8-25(3)9-11-26;/h4-7,12,14,28H,8-11,13H2,1-3H3;1H. The Labute approximate surface area is 189 Å². The van der Waals surface area contributed by atoms with Gasteiger partial charge in [-0.3, -0.25) is 4.79 Å². The molecule has 1 N–H and O–H groups in total. The SMILES string of the molecule is CN1CCN(c2ccc(C(=O)Cc3ccc4c(c3)B(O)OC4(C)C)c(Cl)c2)CC1.Cl. The highest BCUT2D eigenvalue weighted by molar-refractivity contribution is 6.62. The number of benzene rings is 2. The first-order valence-electron chi connectivity index (χ1n) is 10.00. The van der Waals surface area contributed by atoms with Crippen LogP contribution in [0.3, 0.4) is 0 Å². The molecule has 0 bridgehead atoms. The van der Waals surface area contributed by atoms with Gasteiger partial charge < -0.3 is 19.5 Å². The molecule has 2 aliphatic rings. The van der Waals surface area contributed by atoms with Crippen LogP contribution in [-0.2, 0) is 16.7 Å². The Hall–Kier alpha value is -1.57. The maximum absolute atomic E-state index is 12.9. The largest absolute Gasteiger partial charge is 0.492 e. The van der Waals surface area contributed by atoms with E-state index in [1.165, 1.54) is 0 Å². The molecule has 30 heavy (non-hydrogen) atoms. The number of nitrogens with zero attached hydrogens (tertiary/aromatic N) is 2. The molecule has 8 heteroatoms. The lowest BCUT2D eigenvalue weighted by Gasteiger charge is -2.34. The van der Waals surface area contributed by atoms with Crippen molar-refractivity contribution in [2.24, 2.45) is 0 Å². The van der Waals surface area contributed by atoms with E-state index in [1.807, 2.05) is 50.2 Å². The highest BCUT2D eigenvalue weighted by atomic mass is 35.5. The second kappa shape index (κ2) is 8.89. The number of ketones is 1. The van der Waals surface area contributed by atoms with Crippen LogP contribution in [0.5, 0.6) is 0 Å². The number of hydrogen-bond acceptors (Lipinski definition) is 5. The van der Waals surface area contributed by atoms with Crippen molar-refractivity contribution in [3.05, 3.63) is 58.1 Å². The van der Waals surface area contributed by atoms with E-state index in [-0.39, 0.29) is 24.6 Å². The molecule has 160 valence electrons. The molecule has 1 saturated heterocycles. The number of halogens is 2. The minimum Gasteiger partial charge on any atom is -0.423 e. The highest BCUT2D eigenvalue weighted by Crippen LogP contribution is 2.30. The van der Waals surface area contributed by atoms with Gasteiger partial charge in [0.2, 0.25) is 0 Å². The van der Waals surface area contributed by atoms with Gasteiger partial charge in [0.1, 0.15) is 0 Å². The fourth-order valence-corrected chi connectivity index (χ4v) is 4.43. The summed E-state index contributed by atoms with van der Waals surface area (Å²) in [5.74, 6) is -0.0347. The van der Waals surface area contributed by atoms with Gasteiger partial charge in [0.15, 0.2) is 5.78 Å². The third-order valence-electron chi connectivity index (χ3n) is 5.92. The number of fused-ring (bicyclic) bond motifs is 1. The zero-order chi connectivity index (χ0) is 20.8. The Kier molecular flexibility index (Phi) is 6.85. The molecule has 2 aliphatic heterocycles. The van der Waals surface area contributed by atoms with E-state index in [2.05, 4.69) is 16.8 Å². The summed E-state index contributed by atoms with van der Waals surface area (Å²) in [7, 11) is 1.17. The van der Waals surface area contributed by atoms with E-state index in [0.717, 1.165) is 48.5 Å². The van der Waals surface area contributed by atoms with Gasteiger partial charge in [-0.25, -0.2) is 0 Å². The zero-order valence-corrected chi connectivity index (χ0v) is 19.1. The van der Waals surface area contributed by atoms with Gasteiger partial charge >= 0.3 is 7.12 Å². The first-order valence-corrected chi connectivity index (χ1v) is 10.4. The van der Waals surface area contributed by atoms with E-state index >= 15 is 0 Å². The summed E-state index contributed by atoms with van der Waals surface area (Å²) in [6.07, 6.45) is 0.230. The van der Waals surface area contributed by atoms with Gasteiger partial charge in [-0.15, -0.1) is 12.4 Å². The van der Waals surface area contributed by atoms with E-state index in [4.69, 9.17) is 16.3 Å². The van der Waals surface area contributed by atoms with Crippen LogP contribution in [0.25, 0.3) is 0 Å². The van der Waals surface area contributed by atoms with Crippen LogP contribution >= 0.6 is 24.0 Å². The number of carbonyl (C=O) groups is 1. The van der Waals surface area contributed by atoms with E-state index < -0.39 is 12.7 Å². The molecule has 2 aromatic carbocycles. The number of likely N-dealkylation sites (N-methyl/N-ethyl adjacent to an activating group) is 1. The molecule has 0 unspecified atom stereocenters. The van der Waals surface area contributed by atoms with E-state index in [1.54, 1.807) is 0 Å². The van der Waals surface area contributed by atoms with Gasteiger partial charge in [0, 0.05) is 43.9 Å². The van der Waals surface area contributed by atoms with Crippen molar-refractivity contribution in [3.8, 4) is 0 Å². The second-order valence-electron chi connectivity index (χ2n) is 8.46. The molecule has 2 aromatic rings. The average Bonchev–Trinajstić information content (AvgIpc) is 2.90. The number of hydrogen-bond donors (Lipinski definition) is 1. The summed E-state index contributed by atoms with van der Waals surface area (Å²) in [4.78, 5) is 17.5. The molecule has 0 radical (unpaired) electrons. The Morgan fingerprint density at radius 3 is 2.53 bits per heavy atom. The van der Waals surface area contributed by atoms with Crippen LogP contribution in [0.4, 0.5) is 5.69 Å². The maximum atomic E-state index is 12.9. The molecule has 0 spiro atoms. The van der Waals surface area contributed by atoms with Gasteiger partial charge in [0.25, 0.3) is 0 Å². The first-order chi connectivity index (χ1) is 13.7. The predicted molar refractivity (Wildman–Crippen MR) is 125 cm³/mol. The molecular formula is C22H27BCl2N2O3. The minimum absolute atomic E-state index is 0. The quantitative estimate of drug-likeness (QED) is 0.575. The molecule has 0 saturated carbocycles. The summed E-state index contributed by atoms with van der Waals surface area (Å²) in [5, 5.41) is 10.7. The number of piperazine rings is 1. The van der Waals surface area contributed by atoms with Crippen LogP contribution in [0.15, 0.2) is 36.4 Å². The lowest BCUT2D eigenvalue weighted by molar-refractivity contribution is 0.0991.